The molecule has 1 unspecified atom stereocenters. The molecule has 0 heterocycles. The molecule has 19 heavy (non-hydrogen) atoms. The van der Waals surface area contributed by atoms with Crippen LogP contribution in [0.25, 0.3) is 0 Å². The summed E-state index contributed by atoms with van der Waals surface area (Å²) in [6, 6.07) is 8.55. The van der Waals surface area contributed by atoms with Gasteiger partial charge in [-0.2, -0.15) is 0 Å². The fraction of sp³-hybridized carbons (Fsp3) is 0.562. The van der Waals surface area contributed by atoms with Crippen LogP contribution in [0.1, 0.15) is 45.2 Å². The van der Waals surface area contributed by atoms with Crippen LogP contribution in [0.3, 0.4) is 0 Å². The van der Waals surface area contributed by atoms with Gasteiger partial charge < -0.3 is 10.4 Å². The molecule has 1 amide bonds. The third-order valence-corrected chi connectivity index (χ3v) is 3.36. The minimum atomic E-state index is -0.956. The molecule has 1 aromatic rings. The van der Waals surface area contributed by atoms with Crippen LogP contribution in [0.5, 0.6) is 0 Å². The molecule has 106 valence electrons. The van der Waals surface area contributed by atoms with Crippen molar-refractivity contribution in [3.63, 3.8) is 0 Å². The van der Waals surface area contributed by atoms with Crippen molar-refractivity contribution in [3.8, 4) is 0 Å². The zero-order valence-corrected chi connectivity index (χ0v) is 12.4. The Bertz CT molecular complexity index is 407. The lowest BCUT2D eigenvalue weighted by Gasteiger charge is -2.26. The number of aliphatic hydroxyl groups excluding tert-OH is 1. The number of benzene rings is 1. The van der Waals surface area contributed by atoms with Crippen molar-refractivity contribution in [1.29, 1.82) is 0 Å². The molecule has 0 radical (unpaired) electrons. The quantitative estimate of drug-likeness (QED) is 0.828. The second-order valence-electron chi connectivity index (χ2n) is 5.72. The summed E-state index contributed by atoms with van der Waals surface area (Å²) in [5.41, 5.74) is 2.39. The van der Waals surface area contributed by atoms with Crippen LogP contribution < -0.4 is 5.32 Å². The highest BCUT2D eigenvalue weighted by Crippen LogP contribution is 2.23. The SMILES string of the molecule is CCCc1ccc(C(C)(C)CNC(=O)C(C)O)cc1. The number of aryl methyl sites for hydroxylation is 1. The lowest BCUT2D eigenvalue weighted by atomic mass is 9.84. The molecule has 0 spiro atoms. The molecule has 1 aromatic carbocycles. The maximum atomic E-state index is 11.4. The van der Waals surface area contributed by atoms with Crippen molar-refractivity contribution >= 4 is 5.91 Å². The van der Waals surface area contributed by atoms with Gasteiger partial charge in [-0.1, -0.05) is 51.5 Å². The molecule has 0 saturated carbocycles. The summed E-state index contributed by atoms with van der Waals surface area (Å²) >= 11 is 0. The van der Waals surface area contributed by atoms with Gasteiger partial charge in [-0.05, 0) is 24.5 Å². The molecule has 0 fully saturated rings. The first-order chi connectivity index (χ1) is 8.86. The second-order valence-corrected chi connectivity index (χ2v) is 5.72. The van der Waals surface area contributed by atoms with Crippen LogP contribution in [0, 0.1) is 0 Å². The second kappa shape index (κ2) is 6.71. The molecule has 0 saturated heterocycles. The zero-order chi connectivity index (χ0) is 14.5. The number of nitrogens with one attached hydrogen (secondary N) is 1. The van der Waals surface area contributed by atoms with Gasteiger partial charge in [0.1, 0.15) is 6.10 Å². The summed E-state index contributed by atoms with van der Waals surface area (Å²) < 4.78 is 0. The minimum Gasteiger partial charge on any atom is -0.384 e. The van der Waals surface area contributed by atoms with Crippen molar-refractivity contribution < 1.29 is 9.90 Å². The molecule has 3 nitrogen and oxygen atoms in total. The summed E-state index contributed by atoms with van der Waals surface area (Å²) in [4.78, 5) is 11.4. The number of carbonyl (C=O) groups is 1. The molecule has 2 N–H and O–H groups in total. The molecule has 0 aliphatic heterocycles. The van der Waals surface area contributed by atoms with E-state index in [2.05, 4.69) is 50.4 Å². The normalized spacial score (nSPS) is 13.1. The summed E-state index contributed by atoms with van der Waals surface area (Å²) in [5, 5.41) is 11.9. The van der Waals surface area contributed by atoms with Crippen molar-refractivity contribution in [3.05, 3.63) is 35.4 Å². The maximum Gasteiger partial charge on any atom is 0.248 e. The number of carbonyl (C=O) groups excluding carboxylic acids is 1. The van der Waals surface area contributed by atoms with E-state index in [0.29, 0.717) is 6.54 Å². The Morgan fingerprint density at radius 3 is 2.37 bits per heavy atom. The minimum absolute atomic E-state index is 0.144. The first kappa shape index (κ1) is 15.7. The molecular formula is C16H25NO2. The Labute approximate surface area is 116 Å². The zero-order valence-electron chi connectivity index (χ0n) is 12.4. The van der Waals surface area contributed by atoms with Gasteiger partial charge in [0.15, 0.2) is 0 Å². The lowest BCUT2D eigenvalue weighted by molar-refractivity contribution is -0.128. The van der Waals surface area contributed by atoms with Crippen LogP contribution in [-0.2, 0) is 16.6 Å². The molecule has 0 aliphatic carbocycles. The Morgan fingerprint density at radius 2 is 1.89 bits per heavy atom. The monoisotopic (exact) mass is 263 g/mol. The van der Waals surface area contributed by atoms with Crippen molar-refractivity contribution in [2.45, 2.75) is 52.1 Å². The maximum absolute atomic E-state index is 11.4. The van der Waals surface area contributed by atoms with Crippen molar-refractivity contribution in [1.82, 2.24) is 5.32 Å². The van der Waals surface area contributed by atoms with E-state index in [-0.39, 0.29) is 11.3 Å². The number of hydrogen-bond acceptors (Lipinski definition) is 2. The predicted octanol–water partition coefficient (Wildman–Crippen LogP) is 2.41. The van der Waals surface area contributed by atoms with E-state index in [1.165, 1.54) is 18.1 Å². The van der Waals surface area contributed by atoms with Gasteiger partial charge >= 0.3 is 0 Å². The largest absolute Gasteiger partial charge is 0.384 e. The van der Waals surface area contributed by atoms with Crippen LogP contribution in [0.4, 0.5) is 0 Å². The number of aliphatic hydroxyl groups is 1. The Hall–Kier alpha value is -1.35. The third-order valence-electron chi connectivity index (χ3n) is 3.36. The van der Waals surface area contributed by atoms with E-state index in [0.717, 1.165) is 12.8 Å². The summed E-state index contributed by atoms with van der Waals surface area (Å²) in [5.74, 6) is -0.323. The van der Waals surface area contributed by atoms with E-state index >= 15 is 0 Å². The Morgan fingerprint density at radius 1 is 1.32 bits per heavy atom. The van der Waals surface area contributed by atoms with Gasteiger partial charge in [-0.25, -0.2) is 0 Å². The van der Waals surface area contributed by atoms with Crippen LogP contribution in [0.15, 0.2) is 24.3 Å². The van der Waals surface area contributed by atoms with Gasteiger partial charge in [0.05, 0.1) is 0 Å². The molecule has 0 aromatic heterocycles. The summed E-state index contributed by atoms with van der Waals surface area (Å²) in [6.45, 7) is 8.34. The number of rotatable bonds is 6. The van der Waals surface area contributed by atoms with E-state index < -0.39 is 6.10 Å². The van der Waals surface area contributed by atoms with Gasteiger partial charge in [-0.15, -0.1) is 0 Å². The summed E-state index contributed by atoms with van der Waals surface area (Å²) in [6.07, 6.45) is 1.29. The van der Waals surface area contributed by atoms with Crippen LogP contribution in [0.2, 0.25) is 0 Å². The number of amides is 1. The third kappa shape index (κ3) is 4.67. The van der Waals surface area contributed by atoms with Gasteiger partial charge in [0, 0.05) is 12.0 Å². The molecule has 1 atom stereocenters. The standard InChI is InChI=1S/C16H25NO2/c1-5-6-13-7-9-14(10-8-13)16(3,4)11-17-15(19)12(2)18/h7-10,12,18H,5-6,11H2,1-4H3,(H,17,19). The smallest absolute Gasteiger partial charge is 0.248 e. The Kier molecular flexibility index (Phi) is 5.55. The van der Waals surface area contributed by atoms with Gasteiger partial charge in [0.2, 0.25) is 5.91 Å². The Balaban J connectivity index is 2.68. The fourth-order valence-corrected chi connectivity index (χ4v) is 1.97. The van der Waals surface area contributed by atoms with E-state index in [1.807, 2.05) is 0 Å². The lowest BCUT2D eigenvalue weighted by Crippen LogP contribution is -2.40. The molecule has 0 bridgehead atoms. The molecular weight excluding hydrogens is 238 g/mol. The van der Waals surface area contributed by atoms with Crippen molar-refractivity contribution in [2.24, 2.45) is 0 Å². The topological polar surface area (TPSA) is 49.3 Å². The average molecular weight is 263 g/mol. The highest BCUT2D eigenvalue weighted by Gasteiger charge is 2.22. The van der Waals surface area contributed by atoms with E-state index in [9.17, 15) is 9.90 Å². The van der Waals surface area contributed by atoms with Crippen molar-refractivity contribution in [2.75, 3.05) is 6.54 Å². The highest BCUT2D eigenvalue weighted by atomic mass is 16.3. The van der Waals surface area contributed by atoms with Crippen LogP contribution >= 0.6 is 0 Å². The van der Waals surface area contributed by atoms with Crippen LogP contribution in [-0.4, -0.2) is 23.7 Å². The first-order valence-electron chi connectivity index (χ1n) is 6.92. The average Bonchev–Trinajstić information content (AvgIpc) is 2.37. The van der Waals surface area contributed by atoms with Gasteiger partial charge in [0.25, 0.3) is 0 Å². The first-order valence-corrected chi connectivity index (χ1v) is 6.92. The molecule has 3 heteroatoms. The predicted molar refractivity (Wildman–Crippen MR) is 78.2 cm³/mol. The summed E-state index contributed by atoms with van der Waals surface area (Å²) in [7, 11) is 0. The number of hydrogen-bond donors (Lipinski definition) is 2. The van der Waals surface area contributed by atoms with E-state index in [4.69, 9.17) is 0 Å². The fourth-order valence-electron chi connectivity index (χ4n) is 1.97. The molecule has 1 rings (SSSR count). The molecule has 0 aliphatic rings. The highest BCUT2D eigenvalue weighted by molar-refractivity contribution is 5.80. The van der Waals surface area contributed by atoms with Gasteiger partial charge in [-0.3, -0.25) is 4.79 Å². The van der Waals surface area contributed by atoms with E-state index in [1.54, 1.807) is 0 Å².